The Bertz CT molecular complexity index is 733. The molecule has 3 rings (SSSR count). The van der Waals surface area contributed by atoms with E-state index in [2.05, 4.69) is 79.6 Å². The van der Waals surface area contributed by atoms with Crippen LogP contribution in [0.2, 0.25) is 0 Å². The molecule has 0 radical (unpaired) electrons. The SMILES string of the molecule is C/C=C(\c1ccccc1)c1cccc2[nH]cc(C)c12. The van der Waals surface area contributed by atoms with Gasteiger partial charge in [-0.15, -0.1) is 0 Å². The maximum Gasteiger partial charge on any atom is 0.0462 e. The molecule has 1 N–H and O–H groups in total. The van der Waals surface area contributed by atoms with Gasteiger partial charge >= 0.3 is 0 Å². The average Bonchev–Trinajstić information content (AvgIpc) is 2.84. The summed E-state index contributed by atoms with van der Waals surface area (Å²) in [6, 6.07) is 17.0. The number of aromatic nitrogens is 1. The van der Waals surface area contributed by atoms with Crippen LogP contribution in [-0.2, 0) is 0 Å². The molecule has 0 unspecified atom stereocenters. The molecule has 19 heavy (non-hydrogen) atoms. The van der Waals surface area contributed by atoms with Crippen LogP contribution in [0.4, 0.5) is 0 Å². The smallest absolute Gasteiger partial charge is 0.0462 e. The van der Waals surface area contributed by atoms with Crippen LogP contribution in [0.1, 0.15) is 23.6 Å². The van der Waals surface area contributed by atoms with E-state index in [0.717, 1.165) is 0 Å². The van der Waals surface area contributed by atoms with Crippen molar-refractivity contribution >= 4 is 16.5 Å². The zero-order chi connectivity index (χ0) is 13.2. The van der Waals surface area contributed by atoms with E-state index >= 15 is 0 Å². The minimum atomic E-state index is 1.20. The minimum Gasteiger partial charge on any atom is -0.361 e. The highest BCUT2D eigenvalue weighted by atomic mass is 14.7. The normalized spacial score (nSPS) is 12.0. The van der Waals surface area contributed by atoms with Gasteiger partial charge in [-0.25, -0.2) is 0 Å². The molecule has 94 valence electrons. The lowest BCUT2D eigenvalue weighted by Gasteiger charge is -2.10. The van der Waals surface area contributed by atoms with Crippen molar-refractivity contribution in [2.24, 2.45) is 0 Å². The number of aromatic amines is 1. The number of nitrogens with one attached hydrogen (secondary N) is 1. The fraction of sp³-hybridized carbons (Fsp3) is 0.111. The summed E-state index contributed by atoms with van der Waals surface area (Å²) in [6.07, 6.45) is 4.27. The van der Waals surface area contributed by atoms with Crippen LogP contribution in [0.3, 0.4) is 0 Å². The van der Waals surface area contributed by atoms with Crippen molar-refractivity contribution in [2.75, 3.05) is 0 Å². The summed E-state index contributed by atoms with van der Waals surface area (Å²) < 4.78 is 0. The summed E-state index contributed by atoms with van der Waals surface area (Å²) in [6.45, 7) is 4.25. The van der Waals surface area contributed by atoms with Gasteiger partial charge in [0.1, 0.15) is 0 Å². The van der Waals surface area contributed by atoms with Crippen LogP contribution >= 0.6 is 0 Å². The topological polar surface area (TPSA) is 15.8 Å². The van der Waals surface area contributed by atoms with Gasteiger partial charge in [-0.2, -0.15) is 0 Å². The van der Waals surface area contributed by atoms with Gasteiger partial charge in [-0.3, -0.25) is 0 Å². The Morgan fingerprint density at radius 3 is 2.53 bits per heavy atom. The quantitative estimate of drug-likeness (QED) is 0.661. The molecule has 0 atom stereocenters. The third kappa shape index (κ3) is 1.97. The van der Waals surface area contributed by atoms with E-state index in [4.69, 9.17) is 0 Å². The van der Waals surface area contributed by atoms with Crippen molar-refractivity contribution in [3.05, 3.63) is 77.5 Å². The van der Waals surface area contributed by atoms with E-state index in [-0.39, 0.29) is 0 Å². The Kier molecular flexibility index (Phi) is 2.96. The summed E-state index contributed by atoms with van der Waals surface area (Å²) in [5.74, 6) is 0. The standard InChI is InChI=1S/C18H17N/c1-3-15(14-8-5-4-6-9-14)16-10-7-11-17-18(16)13(2)12-19-17/h3-12,19H,1-2H3/b15-3+. The molecular formula is C18H17N. The maximum absolute atomic E-state index is 3.33. The van der Waals surface area contributed by atoms with Gasteiger partial charge in [0.15, 0.2) is 0 Å². The number of H-pyrrole nitrogens is 1. The van der Waals surface area contributed by atoms with E-state index in [1.54, 1.807) is 0 Å². The largest absolute Gasteiger partial charge is 0.361 e. The van der Waals surface area contributed by atoms with Crippen molar-refractivity contribution in [3.63, 3.8) is 0 Å². The van der Waals surface area contributed by atoms with Crippen LogP contribution in [0.5, 0.6) is 0 Å². The van der Waals surface area contributed by atoms with E-state index in [0.29, 0.717) is 0 Å². The lowest BCUT2D eigenvalue weighted by Crippen LogP contribution is -1.89. The molecule has 3 aromatic rings. The maximum atomic E-state index is 3.33. The van der Waals surface area contributed by atoms with Gasteiger partial charge in [0.25, 0.3) is 0 Å². The summed E-state index contributed by atoms with van der Waals surface area (Å²) >= 11 is 0. The molecule has 1 heterocycles. The molecule has 0 aliphatic rings. The first-order valence-electron chi connectivity index (χ1n) is 6.60. The van der Waals surface area contributed by atoms with E-state index in [9.17, 15) is 0 Å². The molecule has 0 aliphatic heterocycles. The Balaban J connectivity index is 2.26. The Labute approximate surface area is 113 Å². The second kappa shape index (κ2) is 4.77. The summed E-state index contributed by atoms with van der Waals surface area (Å²) in [7, 11) is 0. The van der Waals surface area contributed by atoms with E-state index in [1.807, 2.05) is 0 Å². The van der Waals surface area contributed by atoms with Crippen molar-refractivity contribution in [1.29, 1.82) is 0 Å². The van der Waals surface area contributed by atoms with Gasteiger partial charge in [0.2, 0.25) is 0 Å². The second-order valence-electron chi connectivity index (χ2n) is 4.77. The van der Waals surface area contributed by atoms with Crippen LogP contribution in [-0.4, -0.2) is 4.98 Å². The number of hydrogen-bond acceptors (Lipinski definition) is 0. The van der Waals surface area contributed by atoms with Crippen molar-refractivity contribution in [3.8, 4) is 0 Å². The van der Waals surface area contributed by atoms with E-state index < -0.39 is 0 Å². The lowest BCUT2D eigenvalue weighted by molar-refractivity contribution is 1.43. The molecule has 2 aromatic carbocycles. The molecule has 0 bridgehead atoms. The number of allylic oxidation sites excluding steroid dienone is 1. The molecule has 1 nitrogen and oxygen atoms in total. The monoisotopic (exact) mass is 247 g/mol. The fourth-order valence-electron chi connectivity index (χ4n) is 2.68. The predicted molar refractivity (Wildman–Crippen MR) is 82.2 cm³/mol. The van der Waals surface area contributed by atoms with Crippen LogP contribution in [0.15, 0.2) is 60.8 Å². The Morgan fingerprint density at radius 1 is 1.00 bits per heavy atom. The first-order valence-corrected chi connectivity index (χ1v) is 6.60. The first-order chi connectivity index (χ1) is 9.31. The Hall–Kier alpha value is -2.28. The molecule has 0 spiro atoms. The highest BCUT2D eigenvalue weighted by Gasteiger charge is 2.10. The predicted octanol–water partition coefficient (Wildman–Crippen LogP) is 4.93. The molecule has 1 heteroatoms. The number of benzene rings is 2. The van der Waals surface area contributed by atoms with Crippen molar-refractivity contribution in [1.82, 2.24) is 4.98 Å². The number of rotatable bonds is 2. The summed E-state index contributed by atoms with van der Waals surface area (Å²) in [4.78, 5) is 3.33. The molecule has 0 saturated carbocycles. The van der Waals surface area contributed by atoms with Crippen LogP contribution in [0.25, 0.3) is 16.5 Å². The van der Waals surface area contributed by atoms with Gasteiger partial charge in [0, 0.05) is 17.1 Å². The van der Waals surface area contributed by atoms with Gasteiger partial charge in [-0.1, -0.05) is 48.5 Å². The summed E-state index contributed by atoms with van der Waals surface area (Å²) in [5, 5.41) is 1.32. The zero-order valence-electron chi connectivity index (χ0n) is 11.3. The molecule has 0 amide bonds. The second-order valence-corrected chi connectivity index (χ2v) is 4.77. The fourth-order valence-corrected chi connectivity index (χ4v) is 2.68. The lowest BCUT2D eigenvalue weighted by atomic mass is 9.94. The van der Waals surface area contributed by atoms with Crippen molar-refractivity contribution < 1.29 is 0 Å². The summed E-state index contributed by atoms with van der Waals surface area (Å²) in [5.41, 5.74) is 6.34. The third-order valence-electron chi connectivity index (χ3n) is 3.57. The number of aryl methyl sites for hydroxylation is 1. The van der Waals surface area contributed by atoms with E-state index in [1.165, 1.54) is 33.2 Å². The van der Waals surface area contributed by atoms with Crippen LogP contribution in [0, 0.1) is 6.92 Å². The van der Waals surface area contributed by atoms with Crippen LogP contribution < -0.4 is 0 Å². The first kappa shape index (κ1) is 11.8. The molecule has 0 aliphatic carbocycles. The molecule has 1 aromatic heterocycles. The molecule has 0 fully saturated rings. The van der Waals surface area contributed by atoms with Gasteiger partial charge in [0.05, 0.1) is 0 Å². The van der Waals surface area contributed by atoms with Gasteiger partial charge < -0.3 is 4.98 Å². The average molecular weight is 247 g/mol. The van der Waals surface area contributed by atoms with Crippen molar-refractivity contribution in [2.45, 2.75) is 13.8 Å². The van der Waals surface area contributed by atoms with Gasteiger partial charge in [-0.05, 0) is 42.2 Å². The number of fused-ring (bicyclic) bond motifs is 1. The molecular weight excluding hydrogens is 230 g/mol. The highest BCUT2D eigenvalue weighted by Crippen LogP contribution is 2.31. The number of hydrogen-bond donors (Lipinski definition) is 1. The zero-order valence-corrected chi connectivity index (χ0v) is 11.3. The molecule has 0 saturated heterocycles. The Morgan fingerprint density at radius 2 is 1.79 bits per heavy atom. The third-order valence-corrected chi connectivity index (χ3v) is 3.57. The minimum absolute atomic E-state index is 1.20. The highest BCUT2D eigenvalue weighted by molar-refractivity contribution is 5.98.